The molecule has 7 nitrogen and oxygen atoms in total. The molecule has 1 N–H and O–H groups in total. The maximum Gasteiger partial charge on any atom is 0.289 e. The molecule has 0 radical (unpaired) electrons. The molecule has 24 heavy (non-hydrogen) atoms. The van der Waals surface area contributed by atoms with E-state index < -0.39 is 20.6 Å². The van der Waals surface area contributed by atoms with Crippen molar-refractivity contribution in [3.05, 3.63) is 64.2 Å². The standard InChI is InChI=1S/C16H16N2O5S/c19-18(20)14-6-2-4-8-16(14)24(21,22)17-10-12-9-13-5-1-3-7-15(13)23-11-12/h1-8,12,17H,9-11H2/t12-/m1/s1. The first-order valence-electron chi connectivity index (χ1n) is 7.41. The van der Waals surface area contributed by atoms with Gasteiger partial charge in [-0.2, -0.15) is 0 Å². The van der Waals surface area contributed by atoms with Gasteiger partial charge in [0.15, 0.2) is 4.90 Å². The molecule has 0 spiro atoms. The highest BCUT2D eigenvalue weighted by atomic mass is 32.2. The van der Waals surface area contributed by atoms with Crippen LogP contribution in [0, 0.1) is 16.0 Å². The van der Waals surface area contributed by atoms with E-state index in [4.69, 9.17) is 4.74 Å². The Morgan fingerprint density at radius 3 is 2.67 bits per heavy atom. The molecule has 126 valence electrons. The van der Waals surface area contributed by atoms with E-state index in [2.05, 4.69) is 4.72 Å². The molecular weight excluding hydrogens is 332 g/mol. The molecule has 1 heterocycles. The van der Waals surface area contributed by atoms with Crippen LogP contribution in [-0.2, 0) is 16.4 Å². The molecule has 0 amide bonds. The zero-order valence-corrected chi connectivity index (χ0v) is 13.5. The average molecular weight is 348 g/mol. The molecule has 0 fully saturated rings. The lowest BCUT2D eigenvalue weighted by atomic mass is 9.97. The number of hydrogen-bond donors (Lipinski definition) is 1. The Balaban J connectivity index is 1.72. The fourth-order valence-electron chi connectivity index (χ4n) is 2.66. The van der Waals surface area contributed by atoms with E-state index in [1.165, 1.54) is 24.3 Å². The first-order valence-corrected chi connectivity index (χ1v) is 8.89. The summed E-state index contributed by atoms with van der Waals surface area (Å²) in [5, 5.41) is 11.0. The van der Waals surface area contributed by atoms with Gasteiger partial charge in [0.1, 0.15) is 5.75 Å². The van der Waals surface area contributed by atoms with Crippen LogP contribution in [0.15, 0.2) is 53.4 Å². The predicted octanol–water partition coefficient (Wildman–Crippen LogP) is 2.12. The van der Waals surface area contributed by atoms with Gasteiger partial charge in [0.25, 0.3) is 5.69 Å². The van der Waals surface area contributed by atoms with Crippen LogP contribution in [0.1, 0.15) is 5.56 Å². The van der Waals surface area contributed by atoms with Gasteiger partial charge in [-0.3, -0.25) is 10.1 Å². The SMILES string of the molecule is O=[N+]([O-])c1ccccc1S(=O)(=O)NC[C@@H]1COc2ccccc2C1. The lowest BCUT2D eigenvalue weighted by Gasteiger charge is -2.25. The summed E-state index contributed by atoms with van der Waals surface area (Å²) in [6.45, 7) is 0.555. The molecule has 2 aromatic carbocycles. The molecule has 0 aliphatic carbocycles. The molecule has 0 bridgehead atoms. The van der Waals surface area contributed by atoms with Crippen LogP contribution in [0.25, 0.3) is 0 Å². The molecular formula is C16H16N2O5S. The van der Waals surface area contributed by atoms with Crippen molar-refractivity contribution in [2.24, 2.45) is 5.92 Å². The third kappa shape index (κ3) is 3.39. The summed E-state index contributed by atoms with van der Waals surface area (Å²) in [6.07, 6.45) is 0.690. The molecule has 1 aliphatic heterocycles. The fourth-order valence-corrected chi connectivity index (χ4v) is 3.95. The van der Waals surface area contributed by atoms with Crippen molar-refractivity contribution in [2.75, 3.05) is 13.2 Å². The first-order chi connectivity index (χ1) is 11.5. The van der Waals surface area contributed by atoms with Crippen LogP contribution < -0.4 is 9.46 Å². The van der Waals surface area contributed by atoms with Gasteiger partial charge >= 0.3 is 0 Å². The van der Waals surface area contributed by atoms with Crippen molar-refractivity contribution in [2.45, 2.75) is 11.3 Å². The number of sulfonamides is 1. The number of nitro groups is 1. The number of fused-ring (bicyclic) bond motifs is 1. The number of hydrogen-bond acceptors (Lipinski definition) is 5. The Morgan fingerprint density at radius 1 is 1.17 bits per heavy atom. The van der Waals surface area contributed by atoms with E-state index in [0.29, 0.717) is 13.0 Å². The summed E-state index contributed by atoms with van der Waals surface area (Å²) in [5.41, 5.74) is 0.592. The molecule has 1 atom stereocenters. The normalized spacial score (nSPS) is 16.9. The van der Waals surface area contributed by atoms with E-state index in [-0.39, 0.29) is 17.4 Å². The second-order valence-corrected chi connectivity index (χ2v) is 7.30. The molecule has 0 saturated heterocycles. The van der Waals surface area contributed by atoms with E-state index in [1.54, 1.807) is 0 Å². The van der Waals surface area contributed by atoms with Crippen LogP contribution in [-0.4, -0.2) is 26.5 Å². The van der Waals surface area contributed by atoms with Crippen LogP contribution in [0.2, 0.25) is 0 Å². The third-order valence-corrected chi connectivity index (χ3v) is 5.34. The second-order valence-electron chi connectivity index (χ2n) is 5.57. The van der Waals surface area contributed by atoms with E-state index in [9.17, 15) is 18.5 Å². The van der Waals surface area contributed by atoms with Crippen molar-refractivity contribution >= 4 is 15.7 Å². The summed E-state index contributed by atoms with van der Waals surface area (Å²) in [7, 11) is -3.96. The highest BCUT2D eigenvalue weighted by molar-refractivity contribution is 7.89. The van der Waals surface area contributed by atoms with Crippen molar-refractivity contribution in [3.8, 4) is 5.75 Å². The monoisotopic (exact) mass is 348 g/mol. The summed E-state index contributed by atoms with van der Waals surface area (Å²) < 4.78 is 32.9. The molecule has 2 aromatic rings. The van der Waals surface area contributed by atoms with Gasteiger partial charge in [-0.15, -0.1) is 0 Å². The lowest BCUT2D eigenvalue weighted by Crippen LogP contribution is -2.35. The number of nitrogens with zero attached hydrogens (tertiary/aromatic N) is 1. The number of ether oxygens (including phenoxy) is 1. The first kappa shape index (κ1) is 16.4. The van der Waals surface area contributed by atoms with Gasteiger partial charge in [-0.05, 0) is 24.1 Å². The minimum Gasteiger partial charge on any atom is -0.493 e. The van der Waals surface area contributed by atoms with Gasteiger partial charge in [0.05, 0.1) is 11.5 Å². The fraction of sp³-hybridized carbons (Fsp3) is 0.250. The Kier molecular flexibility index (Phi) is 4.50. The number of nitrogens with one attached hydrogen (secondary N) is 1. The van der Waals surface area contributed by atoms with Gasteiger partial charge in [0.2, 0.25) is 10.0 Å². The van der Waals surface area contributed by atoms with E-state index in [0.717, 1.165) is 11.3 Å². The van der Waals surface area contributed by atoms with Crippen molar-refractivity contribution in [3.63, 3.8) is 0 Å². The third-order valence-electron chi connectivity index (χ3n) is 3.87. The predicted molar refractivity (Wildman–Crippen MR) is 87.4 cm³/mol. The Hall–Kier alpha value is -2.45. The quantitative estimate of drug-likeness (QED) is 0.659. The van der Waals surface area contributed by atoms with Gasteiger partial charge < -0.3 is 4.74 Å². The summed E-state index contributed by atoms with van der Waals surface area (Å²) >= 11 is 0. The van der Waals surface area contributed by atoms with E-state index >= 15 is 0 Å². The van der Waals surface area contributed by atoms with Gasteiger partial charge in [-0.1, -0.05) is 30.3 Å². The number of nitro benzene ring substituents is 1. The van der Waals surface area contributed by atoms with Crippen molar-refractivity contribution in [1.29, 1.82) is 0 Å². The highest BCUT2D eigenvalue weighted by Crippen LogP contribution is 2.27. The highest BCUT2D eigenvalue weighted by Gasteiger charge is 2.27. The van der Waals surface area contributed by atoms with Crippen molar-refractivity contribution < 1.29 is 18.1 Å². The summed E-state index contributed by atoms with van der Waals surface area (Å²) in [4.78, 5) is 9.98. The van der Waals surface area contributed by atoms with Gasteiger partial charge in [0, 0.05) is 18.5 Å². The number of para-hydroxylation sites is 2. The molecule has 0 saturated carbocycles. The smallest absolute Gasteiger partial charge is 0.289 e. The molecule has 8 heteroatoms. The number of rotatable bonds is 5. The zero-order valence-electron chi connectivity index (χ0n) is 12.7. The topological polar surface area (TPSA) is 98.5 Å². The van der Waals surface area contributed by atoms with Crippen molar-refractivity contribution in [1.82, 2.24) is 4.72 Å². The van der Waals surface area contributed by atoms with Crippen LogP contribution in [0.3, 0.4) is 0 Å². The molecule has 1 aliphatic rings. The average Bonchev–Trinajstić information content (AvgIpc) is 2.60. The van der Waals surface area contributed by atoms with Gasteiger partial charge in [-0.25, -0.2) is 13.1 Å². The second kappa shape index (κ2) is 6.58. The minimum absolute atomic E-state index is 0.0301. The largest absolute Gasteiger partial charge is 0.493 e. The molecule has 0 aromatic heterocycles. The zero-order chi connectivity index (χ0) is 17.2. The Labute approximate surface area is 139 Å². The maximum absolute atomic E-state index is 12.4. The summed E-state index contributed by atoms with van der Waals surface area (Å²) in [6, 6.07) is 12.9. The van der Waals surface area contributed by atoms with Crippen LogP contribution >= 0.6 is 0 Å². The van der Waals surface area contributed by atoms with E-state index in [1.807, 2.05) is 24.3 Å². The lowest BCUT2D eigenvalue weighted by molar-refractivity contribution is -0.387. The minimum atomic E-state index is -3.96. The van der Waals surface area contributed by atoms with Crippen LogP contribution in [0.5, 0.6) is 5.75 Å². The molecule has 3 rings (SSSR count). The van der Waals surface area contributed by atoms with Crippen LogP contribution in [0.4, 0.5) is 5.69 Å². The summed E-state index contributed by atoms with van der Waals surface area (Å²) in [5.74, 6) is 0.785. The Bertz CT molecular complexity index is 866. The number of benzene rings is 2. The maximum atomic E-state index is 12.4. The Morgan fingerprint density at radius 2 is 1.88 bits per heavy atom. The molecule has 0 unspecified atom stereocenters.